The number of hydrogen-bond acceptors (Lipinski definition) is 18. The van der Waals surface area contributed by atoms with Gasteiger partial charge in [0, 0.05) is 77.6 Å². The van der Waals surface area contributed by atoms with Crippen molar-refractivity contribution in [3.05, 3.63) is 95.2 Å². The number of carboxylic acid groups (broad SMARTS) is 1. The van der Waals surface area contributed by atoms with E-state index in [0.717, 1.165) is 44.6 Å². The molecule has 1 aliphatic carbocycles. The predicted octanol–water partition coefficient (Wildman–Crippen LogP) is 1.01. The molecule has 0 bridgehead atoms. The fourth-order valence-corrected chi connectivity index (χ4v) is 7.16. The Balaban J connectivity index is 0. The third kappa shape index (κ3) is 23.5. The number of phenolic OH excluding ortho intramolecular Hbond substituents is 1. The zero-order chi connectivity index (χ0) is 47.8. The van der Waals surface area contributed by atoms with E-state index in [1.165, 1.54) is 23.1 Å². The first kappa shape index (κ1) is 66.9. The molecule has 1 aliphatic heterocycles. The van der Waals surface area contributed by atoms with Crippen molar-refractivity contribution in [1.82, 2.24) is 21.3 Å². The molecule has 0 aromatic heterocycles. The second-order valence-corrected chi connectivity index (χ2v) is 15.9. The molecule has 0 spiro atoms. The van der Waals surface area contributed by atoms with Crippen LogP contribution in [-0.4, -0.2) is 155 Å². The lowest BCUT2D eigenvalue weighted by atomic mass is 9.93. The largest absolute Gasteiger partial charge is 0.508 e. The highest BCUT2D eigenvalue weighted by Crippen LogP contribution is 2.40. The molecule has 0 saturated carbocycles. The van der Waals surface area contributed by atoms with Crippen molar-refractivity contribution in [2.45, 2.75) is 17.7 Å². The molecule has 0 radical (unpaired) electrons. The fourth-order valence-electron chi connectivity index (χ4n) is 6.55. The third-order valence-electron chi connectivity index (χ3n) is 9.47. The second-order valence-electron chi connectivity index (χ2n) is 14.4. The lowest BCUT2D eigenvalue weighted by Crippen LogP contribution is -2.44. The van der Waals surface area contributed by atoms with Crippen LogP contribution in [0.2, 0.25) is 0 Å². The number of benzene rings is 4. The third-order valence-corrected chi connectivity index (χ3v) is 10.6. The van der Waals surface area contributed by atoms with E-state index >= 15 is 0 Å². The summed E-state index contributed by atoms with van der Waals surface area (Å²) in [5.74, 6) is -1.34. The second kappa shape index (κ2) is 35.8. The quantitative estimate of drug-likeness (QED) is 0.0126. The number of thiol groups is 1. The number of carbonyl (C=O) groups is 4. The average Bonchev–Trinajstić information content (AvgIpc) is 3.28. The lowest BCUT2D eigenvalue weighted by molar-refractivity contribution is -0.191. The van der Waals surface area contributed by atoms with Gasteiger partial charge in [-0.25, -0.2) is 0 Å². The van der Waals surface area contributed by atoms with Gasteiger partial charge >= 0.3 is 12.1 Å². The SMILES string of the molecule is N.NSc1ccc(NC(=O)CN(CCN(CC(=O)CS)CC(=O)CCCOCCOCCNC(=S)Nc2ccc(-c3c4ccc(=O)cc-4oc4cc(O)ccc34)cc2)CC(=O)O)cc1.O.O.O.O.O=C=O. The van der Waals surface area contributed by atoms with Crippen LogP contribution in [0.25, 0.3) is 33.4 Å². The number of fused-ring (bicyclic) bond motifs is 2. The number of aromatic hydroxyl groups is 1. The number of aliphatic carboxylic acids is 1. The summed E-state index contributed by atoms with van der Waals surface area (Å²) in [6.07, 6.45) is 0.935. The number of carbonyl (C=O) groups excluding carboxylic acids is 5. The molecule has 1 amide bonds. The maximum atomic E-state index is 12.9. The van der Waals surface area contributed by atoms with E-state index < -0.39 is 18.4 Å². The van der Waals surface area contributed by atoms with Crippen LogP contribution in [0.4, 0.5) is 11.4 Å². The van der Waals surface area contributed by atoms with E-state index in [1.807, 2.05) is 24.3 Å². The number of anilines is 2. The molecule has 1 heterocycles. The smallest absolute Gasteiger partial charge is 0.373 e. The summed E-state index contributed by atoms with van der Waals surface area (Å²) in [5, 5.41) is 35.2. The highest BCUT2D eigenvalue weighted by molar-refractivity contribution is 7.97. The first-order valence-electron chi connectivity index (χ1n) is 20.4. The van der Waals surface area contributed by atoms with Gasteiger partial charge in [-0.15, -0.1) is 0 Å². The van der Waals surface area contributed by atoms with Crippen LogP contribution in [0.5, 0.6) is 5.75 Å². The van der Waals surface area contributed by atoms with Gasteiger partial charge in [-0.05, 0) is 96.8 Å². The number of carboxylic acids is 1. The van der Waals surface area contributed by atoms with E-state index in [-0.39, 0.29) is 102 Å². The number of thiocarbonyl (C=S) groups is 1. The molecule has 3 aromatic carbocycles. The predicted molar refractivity (Wildman–Crippen MR) is 275 cm³/mol. The molecular weight excluding hydrogens is 991 g/mol. The molecule has 5 rings (SSSR count). The number of ether oxygens (including phenoxy) is 2. The minimum atomic E-state index is -1.11. The minimum absolute atomic E-state index is 0. The van der Waals surface area contributed by atoms with Gasteiger partial charge in [0.25, 0.3) is 0 Å². The molecule has 18 N–H and O–H groups in total. The highest BCUT2D eigenvalue weighted by atomic mass is 32.2. The van der Waals surface area contributed by atoms with Crippen molar-refractivity contribution in [1.29, 1.82) is 0 Å². The molecule has 390 valence electrons. The molecule has 26 heteroatoms. The van der Waals surface area contributed by atoms with Crippen molar-refractivity contribution >= 4 is 93.8 Å². The van der Waals surface area contributed by atoms with Crippen LogP contribution >= 0.6 is 36.8 Å². The summed E-state index contributed by atoms with van der Waals surface area (Å²) in [6.45, 7) is 1.50. The Morgan fingerprint density at radius 1 is 0.775 bits per heavy atom. The van der Waals surface area contributed by atoms with Gasteiger partial charge in [0.05, 0.1) is 51.8 Å². The normalized spacial score (nSPS) is 10.1. The van der Waals surface area contributed by atoms with Gasteiger partial charge < -0.3 is 68.1 Å². The number of phenols is 1. The molecule has 2 aliphatic rings. The van der Waals surface area contributed by atoms with Crippen molar-refractivity contribution in [3.63, 3.8) is 0 Å². The van der Waals surface area contributed by atoms with Gasteiger partial charge in [0.15, 0.2) is 16.3 Å². The average molecular weight is 1050 g/mol. The number of Topliss-reactive ketones (excluding diaryl/α,β-unsaturated/α-hetero) is 2. The monoisotopic (exact) mass is 1050 g/mol. The van der Waals surface area contributed by atoms with Gasteiger partial charge in [-0.3, -0.25) is 38.9 Å². The Hall–Kier alpha value is -6.20. The number of amides is 1. The number of ketones is 2. The molecular formula is C45H61N7O16S3. The number of rotatable bonds is 26. The van der Waals surface area contributed by atoms with Gasteiger partial charge in [-0.1, -0.05) is 12.1 Å². The molecule has 0 atom stereocenters. The summed E-state index contributed by atoms with van der Waals surface area (Å²) < 4.78 is 17.2. The minimum Gasteiger partial charge on any atom is -0.508 e. The van der Waals surface area contributed by atoms with Crippen LogP contribution in [-0.2, 0) is 38.2 Å². The first-order valence-corrected chi connectivity index (χ1v) is 22.3. The van der Waals surface area contributed by atoms with Crippen LogP contribution in [0.3, 0.4) is 0 Å². The molecule has 0 saturated heterocycles. The van der Waals surface area contributed by atoms with Gasteiger partial charge in [-0.2, -0.15) is 22.2 Å². The van der Waals surface area contributed by atoms with Crippen molar-refractivity contribution in [3.8, 4) is 28.2 Å². The van der Waals surface area contributed by atoms with E-state index in [2.05, 4.69) is 28.6 Å². The molecule has 3 aromatic rings. The molecule has 23 nitrogen and oxygen atoms in total. The summed E-state index contributed by atoms with van der Waals surface area (Å²) in [6, 6.07) is 24.1. The fraction of sp³-hybridized carbons (Fsp3) is 0.311. The van der Waals surface area contributed by atoms with Gasteiger partial charge in [0.2, 0.25) is 5.91 Å². The number of nitrogens with zero attached hydrogens (tertiary/aromatic N) is 2. The Kier molecular flexibility index (Phi) is 33.8. The summed E-state index contributed by atoms with van der Waals surface area (Å²) >= 11 is 10.6. The van der Waals surface area contributed by atoms with Crippen LogP contribution in [0.1, 0.15) is 12.8 Å². The van der Waals surface area contributed by atoms with Crippen molar-refractivity contribution < 1.29 is 74.8 Å². The van der Waals surface area contributed by atoms with Crippen LogP contribution in [0, 0.1) is 0 Å². The highest BCUT2D eigenvalue weighted by Gasteiger charge is 2.20. The lowest BCUT2D eigenvalue weighted by Gasteiger charge is -2.25. The van der Waals surface area contributed by atoms with Crippen molar-refractivity contribution in [2.24, 2.45) is 5.14 Å². The maximum Gasteiger partial charge on any atom is 0.373 e. The Morgan fingerprint density at radius 2 is 1.37 bits per heavy atom. The molecule has 0 unspecified atom stereocenters. The van der Waals surface area contributed by atoms with E-state index in [1.54, 1.807) is 47.4 Å². The molecule has 0 fully saturated rings. The van der Waals surface area contributed by atoms with Crippen LogP contribution in [0.15, 0.2) is 99.0 Å². The van der Waals surface area contributed by atoms with Gasteiger partial charge in [0.1, 0.15) is 22.9 Å². The van der Waals surface area contributed by atoms with E-state index in [0.29, 0.717) is 61.5 Å². The standard InChI is InChI=1S/C44H50N6O10S3.CO2.H3N.4H2O/c45-63-36-11-7-30(8-12-36)47-41(55)26-50(27-42(56)57)17-16-49(25-35(54)28-61)24-34(53)2-1-18-58-20-21-59-19-15-46-44(62)48-31-5-3-29(4-6-31)43-37-13-9-32(51)22-39(37)60-40-23-33(52)10-14-38(40)43;2-1-3;;;;;/h3-14,22-23,51,61H,1-2,15-21,24-28,45H2,(H,47,55)(H,56,57)(H2,46,48,62);;1H3;4*1H2. The zero-order valence-corrected chi connectivity index (χ0v) is 40.9. The van der Waals surface area contributed by atoms with Crippen LogP contribution < -0.4 is 32.7 Å². The number of hydrogen-bond donors (Lipinski definition) is 8. The Labute approximate surface area is 423 Å². The maximum absolute atomic E-state index is 12.9. The summed E-state index contributed by atoms with van der Waals surface area (Å²) in [7, 11) is 0. The topological polar surface area (TPSA) is 421 Å². The zero-order valence-electron chi connectivity index (χ0n) is 38.4. The van der Waals surface area contributed by atoms with E-state index in [9.17, 15) is 34.2 Å². The molecule has 71 heavy (non-hydrogen) atoms. The Morgan fingerprint density at radius 3 is 1.99 bits per heavy atom. The summed E-state index contributed by atoms with van der Waals surface area (Å²) in [5.41, 5.74) is 4.12. The first-order chi connectivity index (χ1) is 31.8. The van der Waals surface area contributed by atoms with Crippen molar-refractivity contribution in [2.75, 3.05) is 88.6 Å². The number of nitrogens with two attached hydrogens (primary N) is 1. The summed E-state index contributed by atoms with van der Waals surface area (Å²) in [4.78, 5) is 81.5. The Bertz CT molecular complexity index is 2480. The number of nitrogens with one attached hydrogen (secondary N) is 3. The van der Waals surface area contributed by atoms with E-state index in [4.69, 9.17) is 40.8 Å².